The Kier molecular flexibility index (Phi) is 4.82. The van der Waals surface area contributed by atoms with Gasteiger partial charge in [0.1, 0.15) is 17.3 Å². The van der Waals surface area contributed by atoms with E-state index in [0.717, 1.165) is 0 Å². The summed E-state index contributed by atoms with van der Waals surface area (Å²) in [6.45, 7) is 0.230. The van der Waals surface area contributed by atoms with E-state index in [-0.39, 0.29) is 24.7 Å². The first-order valence-electron chi connectivity index (χ1n) is 9.89. The van der Waals surface area contributed by atoms with Gasteiger partial charge in [-0.3, -0.25) is 9.59 Å². The Labute approximate surface area is 181 Å². The Balaban J connectivity index is 1.51. The van der Waals surface area contributed by atoms with Gasteiger partial charge in [-0.05, 0) is 60.2 Å². The van der Waals surface area contributed by atoms with Crippen molar-refractivity contribution in [2.75, 3.05) is 5.32 Å². The van der Waals surface area contributed by atoms with Crippen molar-refractivity contribution in [2.45, 2.75) is 13.0 Å². The summed E-state index contributed by atoms with van der Waals surface area (Å²) < 4.78 is 29.2. The molecule has 1 aromatic heterocycles. The van der Waals surface area contributed by atoms with E-state index in [1.807, 2.05) is 0 Å². The summed E-state index contributed by atoms with van der Waals surface area (Å²) in [5.41, 5.74) is 5.03. The molecule has 0 radical (unpaired) electrons. The molecule has 6 nitrogen and oxygen atoms in total. The molecule has 4 aromatic rings. The summed E-state index contributed by atoms with van der Waals surface area (Å²) in [5, 5.41) is 3.38. The van der Waals surface area contributed by atoms with Crippen LogP contribution in [0.5, 0.6) is 5.75 Å². The third-order valence-corrected chi connectivity index (χ3v) is 5.27. The zero-order chi connectivity index (χ0) is 22.2. The molecular formula is C24H17F2N3O3. The molecule has 0 atom stereocenters. The summed E-state index contributed by atoms with van der Waals surface area (Å²) in [7, 11) is 0. The molecule has 0 fully saturated rings. The summed E-state index contributed by atoms with van der Waals surface area (Å²) in [4.78, 5) is 29.9. The third kappa shape index (κ3) is 3.78. The molecule has 0 aliphatic carbocycles. The first-order valence-corrected chi connectivity index (χ1v) is 9.89. The number of rotatable bonds is 4. The number of nitrogens with one attached hydrogen (secondary N) is 2. The van der Waals surface area contributed by atoms with Crippen LogP contribution in [0, 0.1) is 11.6 Å². The van der Waals surface area contributed by atoms with E-state index < -0.39 is 11.7 Å². The maximum atomic E-state index is 13.8. The van der Waals surface area contributed by atoms with Crippen LogP contribution in [0.15, 0.2) is 66.7 Å². The van der Waals surface area contributed by atoms with E-state index in [0.29, 0.717) is 39.2 Å². The van der Waals surface area contributed by atoms with Crippen LogP contribution in [0.1, 0.15) is 21.6 Å². The molecule has 3 aromatic carbocycles. The largest absolute Gasteiger partial charge is 0.379 e. The van der Waals surface area contributed by atoms with Crippen LogP contribution in [-0.2, 0) is 17.8 Å². The Bertz CT molecular complexity index is 1380. The van der Waals surface area contributed by atoms with Crippen molar-refractivity contribution in [1.82, 2.24) is 10.0 Å². The van der Waals surface area contributed by atoms with Gasteiger partial charge < -0.3 is 14.7 Å². The topological polar surface area (TPSA) is 72.4 Å². The normalized spacial score (nSPS) is 12.8. The molecule has 0 spiro atoms. The molecule has 0 saturated heterocycles. The van der Waals surface area contributed by atoms with Gasteiger partial charge in [-0.25, -0.2) is 8.78 Å². The lowest BCUT2D eigenvalue weighted by Crippen LogP contribution is -2.33. The number of fused-ring (bicyclic) bond motifs is 2. The summed E-state index contributed by atoms with van der Waals surface area (Å²) in [6, 6.07) is 16.9. The molecule has 2 amide bonds. The minimum absolute atomic E-state index is 0.137. The average molecular weight is 433 g/mol. The molecule has 0 unspecified atom stereocenters. The second-order valence-electron chi connectivity index (χ2n) is 7.53. The minimum Gasteiger partial charge on any atom is -0.379 e. The third-order valence-electron chi connectivity index (χ3n) is 5.27. The fourth-order valence-electron chi connectivity index (χ4n) is 3.83. The maximum absolute atomic E-state index is 13.8. The first kappa shape index (κ1) is 19.7. The van der Waals surface area contributed by atoms with E-state index in [2.05, 4.69) is 10.8 Å². The molecule has 32 heavy (non-hydrogen) atoms. The predicted octanol–water partition coefficient (Wildman–Crippen LogP) is 4.19. The van der Waals surface area contributed by atoms with E-state index in [9.17, 15) is 18.4 Å². The van der Waals surface area contributed by atoms with Crippen molar-refractivity contribution in [2.24, 2.45) is 0 Å². The lowest BCUT2D eigenvalue weighted by molar-refractivity contribution is -0.128. The number of hydroxylamine groups is 1. The number of carbonyl (C=O) groups is 2. The first-order chi connectivity index (χ1) is 15.5. The van der Waals surface area contributed by atoms with E-state index in [1.165, 1.54) is 24.3 Å². The van der Waals surface area contributed by atoms with E-state index in [1.54, 1.807) is 47.0 Å². The maximum Gasteiger partial charge on any atom is 0.272 e. The molecular weight excluding hydrogens is 416 g/mol. The molecule has 5 rings (SSSR count). The van der Waals surface area contributed by atoms with Crippen molar-refractivity contribution in [1.29, 1.82) is 0 Å². The number of aromatic nitrogens is 1. The van der Waals surface area contributed by atoms with Gasteiger partial charge in [0.05, 0.1) is 6.42 Å². The lowest BCUT2D eigenvalue weighted by atomic mass is 10.1. The Hall–Kier alpha value is -4.20. The quantitative estimate of drug-likeness (QED) is 0.507. The summed E-state index contributed by atoms with van der Waals surface area (Å²) in [5.74, 6) is -0.979. The average Bonchev–Trinajstić information content (AvgIpc) is 3.11. The van der Waals surface area contributed by atoms with E-state index in [4.69, 9.17) is 4.84 Å². The highest BCUT2D eigenvalue weighted by atomic mass is 19.1. The van der Waals surface area contributed by atoms with Gasteiger partial charge in [0.2, 0.25) is 0 Å². The molecule has 0 saturated carbocycles. The van der Waals surface area contributed by atoms with Crippen LogP contribution >= 0.6 is 0 Å². The van der Waals surface area contributed by atoms with Crippen LogP contribution < -0.4 is 15.6 Å². The molecule has 8 heteroatoms. The number of halogens is 2. The van der Waals surface area contributed by atoms with Crippen molar-refractivity contribution in [3.63, 3.8) is 0 Å². The van der Waals surface area contributed by atoms with Crippen LogP contribution in [0.25, 0.3) is 10.9 Å². The molecule has 1 aliphatic heterocycles. The number of anilines is 1. The molecule has 160 valence electrons. The van der Waals surface area contributed by atoms with Gasteiger partial charge in [0, 0.05) is 28.7 Å². The Morgan fingerprint density at radius 1 is 1.03 bits per heavy atom. The number of amides is 2. The second-order valence-corrected chi connectivity index (χ2v) is 7.53. The van der Waals surface area contributed by atoms with Crippen LogP contribution in [-0.4, -0.2) is 16.4 Å². The Morgan fingerprint density at radius 3 is 2.72 bits per heavy atom. The highest BCUT2D eigenvalue weighted by Crippen LogP contribution is 2.27. The van der Waals surface area contributed by atoms with Gasteiger partial charge >= 0.3 is 0 Å². The number of hydrogen-bond acceptors (Lipinski definition) is 3. The number of hydrogen-bond donors (Lipinski definition) is 2. The smallest absolute Gasteiger partial charge is 0.272 e. The highest BCUT2D eigenvalue weighted by Gasteiger charge is 2.20. The van der Waals surface area contributed by atoms with Gasteiger partial charge in [0.25, 0.3) is 11.8 Å². The molecule has 2 N–H and O–H groups in total. The van der Waals surface area contributed by atoms with Crippen molar-refractivity contribution in [3.05, 3.63) is 95.2 Å². The lowest BCUT2D eigenvalue weighted by Gasteiger charge is -2.18. The van der Waals surface area contributed by atoms with Crippen molar-refractivity contribution >= 4 is 28.4 Å². The fraction of sp³-hybridized carbons (Fsp3) is 0.0833. The minimum atomic E-state index is -0.417. The number of carbonyl (C=O) groups excluding carboxylic acids is 2. The summed E-state index contributed by atoms with van der Waals surface area (Å²) in [6.07, 6.45) is 0.137. The van der Waals surface area contributed by atoms with E-state index >= 15 is 0 Å². The fourth-order valence-corrected chi connectivity index (χ4v) is 3.83. The second kappa shape index (κ2) is 7.81. The predicted molar refractivity (Wildman–Crippen MR) is 114 cm³/mol. The van der Waals surface area contributed by atoms with Gasteiger partial charge in [-0.1, -0.05) is 12.1 Å². The van der Waals surface area contributed by atoms with Crippen LogP contribution in [0.2, 0.25) is 0 Å². The number of benzene rings is 3. The van der Waals surface area contributed by atoms with Crippen LogP contribution in [0.4, 0.5) is 14.5 Å². The SMILES string of the molecule is O=C1Cc2cc(NC(=O)c3cc4cc(F)ccc4n3Cc3cccc(F)c3)ccc2ON1. The van der Waals surface area contributed by atoms with Crippen molar-refractivity contribution < 1.29 is 23.2 Å². The molecule has 0 bridgehead atoms. The number of nitrogens with zero attached hydrogens (tertiary/aromatic N) is 1. The Morgan fingerprint density at radius 2 is 1.88 bits per heavy atom. The highest BCUT2D eigenvalue weighted by molar-refractivity contribution is 6.06. The molecule has 2 heterocycles. The summed E-state index contributed by atoms with van der Waals surface area (Å²) >= 11 is 0. The van der Waals surface area contributed by atoms with Gasteiger partial charge in [-0.2, -0.15) is 5.48 Å². The van der Waals surface area contributed by atoms with Crippen LogP contribution in [0.3, 0.4) is 0 Å². The zero-order valence-electron chi connectivity index (χ0n) is 16.7. The van der Waals surface area contributed by atoms with Crippen molar-refractivity contribution in [3.8, 4) is 5.75 Å². The molecule has 1 aliphatic rings. The monoisotopic (exact) mass is 433 g/mol. The van der Waals surface area contributed by atoms with Gasteiger partial charge in [0.15, 0.2) is 5.75 Å². The zero-order valence-corrected chi connectivity index (χ0v) is 16.7. The van der Waals surface area contributed by atoms with Gasteiger partial charge in [-0.15, -0.1) is 0 Å². The standard InChI is InChI=1S/C24H17F2N3O3/c25-17-3-1-2-14(8-17)13-29-20-6-4-18(26)9-15(20)11-21(29)24(31)27-19-5-7-22-16(10-19)12-23(30)28-32-22/h1-11H,12-13H2,(H,27,31)(H,28,30).